The molecule has 10 heteroatoms. The summed E-state index contributed by atoms with van der Waals surface area (Å²) in [6.07, 6.45) is 1.59. The first kappa shape index (κ1) is 21.4. The number of benzene rings is 1. The van der Waals surface area contributed by atoms with Crippen LogP contribution in [0.25, 0.3) is 0 Å². The molecule has 8 nitrogen and oxygen atoms in total. The average Bonchev–Trinajstić information content (AvgIpc) is 3.43. The van der Waals surface area contributed by atoms with E-state index in [-0.39, 0.29) is 5.91 Å². The zero-order valence-corrected chi connectivity index (χ0v) is 18.9. The first-order chi connectivity index (χ1) is 14.8. The molecule has 0 fully saturated rings. The van der Waals surface area contributed by atoms with Crippen LogP contribution in [-0.2, 0) is 22.7 Å². The SMILES string of the molecule is CCn1cc(C2=NOC(C(=O)Nc3cc(C)n(Cc4ccc(Cl)cc4Cl)n3)C2)c(C)n1. The second-order valence-electron chi connectivity index (χ2n) is 7.37. The molecule has 0 bridgehead atoms. The van der Waals surface area contributed by atoms with Crippen molar-refractivity contribution in [3.63, 3.8) is 0 Å². The summed E-state index contributed by atoms with van der Waals surface area (Å²) in [7, 11) is 0. The van der Waals surface area contributed by atoms with Crippen molar-refractivity contribution in [2.75, 3.05) is 5.32 Å². The van der Waals surface area contributed by atoms with Crippen molar-refractivity contribution in [3.05, 3.63) is 63.0 Å². The fraction of sp³-hybridized carbons (Fsp3) is 0.333. The molecule has 2 aromatic heterocycles. The van der Waals surface area contributed by atoms with E-state index < -0.39 is 6.10 Å². The Hall–Kier alpha value is -2.84. The van der Waals surface area contributed by atoms with E-state index in [1.54, 1.807) is 22.9 Å². The van der Waals surface area contributed by atoms with E-state index in [4.69, 9.17) is 28.0 Å². The third kappa shape index (κ3) is 4.60. The summed E-state index contributed by atoms with van der Waals surface area (Å²) in [5.41, 5.74) is 4.25. The minimum atomic E-state index is -0.712. The summed E-state index contributed by atoms with van der Waals surface area (Å²) in [5.74, 6) is 0.146. The Kier molecular flexibility index (Phi) is 6.02. The molecular formula is C21H22Cl2N6O2. The van der Waals surface area contributed by atoms with Gasteiger partial charge in [-0.15, -0.1) is 0 Å². The van der Waals surface area contributed by atoms with Crippen molar-refractivity contribution in [2.24, 2.45) is 5.16 Å². The van der Waals surface area contributed by atoms with Crippen LogP contribution in [0.4, 0.5) is 5.82 Å². The molecule has 1 aromatic carbocycles. The van der Waals surface area contributed by atoms with Crippen molar-refractivity contribution < 1.29 is 9.63 Å². The van der Waals surface area contributed by atoms with E-state index in [0.29, 0.717) is 28.8 Å². The third-order valence-electron chi connectivity index (χ3n) is 5.11. The number of hydrogen-bond donors (Lipinski definition) is 1. The largest absolute Gasteiger partial charge is 0.382 e. The highest BCUT2D eigenvalue weighted by Crippen LogP contribution is 2.23. The normalized spacial score (nSPS) is 15.6. The van der Waals surface area contributed by atoms with Crippen LogP contribution in [0.2, 0.25) is 10.0 Å². The van der Waals surface area contributed by atoms with Gasteiger partial charge >= 0.3 is 0 Å². The molecule has 3 aromatic rings. The second-order valence-corrected chi connectivity index (χ2v) is 8.22. The molecule has 1 aliphatic heterocycles. The molecule has 1 atom stereocenters. The number of carbonyl (C=O) groups is 1. The van der Waals surface area contributed by atoms with Crippen LogP contribution in [0.1, 0.15) is 35.9 Å². The van der Waals surface area contributed by atoms with Crippen LogP contribution in [0, 0.1) is 13.8 Å². The van der Waals surface area contributed by atoms with Gasteiger partial charge in [-0.1, -0.05) is 34.4 Å². The lowest BCUT2D eigenvalue weighted by Gasteiger charge is -2.08. The van der Waals surface area contributed by atoms with E-state index in [2.05, 4.69) is 20.7 Å². The summed E-state index contributed by atoms with van der Waals surface area (Å²) in [5, 5.41) is 17.0. The quantitative estimate of drug-likeness (QED) is 0.596. The van der Waals surface area contributed by atoms with Crippen molar-refractivity contribution >= 4 is 40.6 Å². The Bertz CT molecular complexity index is 1170. The molecule has 1 unspecified atom stereocenters. The van der Waals surface area contributed by atoms with Gasteiger partial charge in [-0.05, 0) is 38.5 Å². The molecular weight excluding hydrogens is 439 g/mol. The Balaban J connectivity index is 1.40. The van der Waals surface area contributed by atoms with Gasteiger partial charge in [0, 0.05) is 46.5 Å². The summed E-state index contributed by atoms with van der Waals surface area (Å²) in [4.78, 5) is 18.1. The number of anilines is 1. The molecule has 0 saturated carbocycles. The molecule has 3 heterocycles. The summed E-state index contributed by atoms with van der Waals surface area (Å²) >= 11 is 12.2. The lowest BCUT2D eigenvalue weighted by atomic mass is 10.1. The topological polar surface area (TPSA) is 86.3 Å². The number of aryl methyl sites for hydroxylation is 3. The number of amides is 1. The van der Waals surface area contributed by atoms with Crippen LogP contribution >= 0.6 is 23.2 Å². The van der Waals surface area contributed by atoms with Crippen molar-refractivity contribution in [1.82, 2.24) is 19.6 Å². The van der Waals surface area contributed by atoms with Gasteiger partial charge in [0.25, 0.3) is 5.91 Å². The molecule has 1 N–H and O–H groups in total. The van der Waals surface area contributed by atoms with Crippen LogP contribution < -0.4 is 5.32 Å². The Morgan fingerprint density at radius 3 is 2.77 bits per heavy atom. The molecule has 162 valence electrons. The second kappa shape index (κ2) is 8.72. The van der Waals surface area contributed by atoms with Crippen molar-refractivity contribution in [1.29, 1.82) is 0 Å². The molecule has 4 rings (SSSR count). The molecule has 1 amide bonds. The standard InChI is InChI=1S/C21H22Cl2N6O2/c1-4-28-11-16(13(3)25-28)18-9-19(31-27-18)21(30)24-20-7-12(2)29(26-20)10-14-5-6-15(22)8-17(14)23/h5-8,11,19H,4,9-10H2,1-3H3,(H,24,26,30). The van der Waals surface area contributed by atoms with E-state index in [9.17, 15) is 4.79 Å². The zero-order chi connectivity index (χ0) is 22.1. The van der Waals surface area contributed by atoms with Crippen LogP contribution in [0.5, 0.6) is 0 Å². The van der Waals surface area contributed by atoms with Gasteiger partial charge < -0.3 is 10.2 Å². The number of nitrogens with one attached hydrogen (secondary N) is 1. The number of halogens is 2. The Labute approximate surface area is 189 Å². The van der Waals surface area contributed by atoms with E-state index in [1.165, 1.54) is 0 Å². The number of oxime groups is 1. The molecule has 0 radical (unpaired) electrons. The number of aromatic nitrogens is 4. The first-order valence-corrected chi connectivity index (χ1v) is 10.7. The summed E-state index contributed by atoms with van der Waals surface area (Å²) in [6, 6.07) is 7.14. The van der Waals surface area contributed by atoms with E-state index >= 15 is 0 Å². The highest BCUT2D eigenvalue weighted by atomic mass is 35.5. The highest BCUT2D eigenvalue weighted by molar-refractivity contribution is 6.35. The molecule has 1 aliphatic rings. The maximum absolute atomic E-state index is 12.7. The average molecular weight is 461 g/mol. The maximum atomic E-state index is 12.7. The lowest BCUT2D eigenvalue weighted by molar-refractivity contribution is -0.125. The highest BCUT2D eigenvalue weighted by Gasteiger charge is 2.31. The van der Waals surface area contributed by atoms with Crippen molar-refractivity contribution in [3.8, 4) is 0 Å². The number of rotatable bonds is 6. The molecule has 31 heavy (non-hydrogen) atoms. The Morgan fingerprint density at radius 2 is 2.06 bits per heavy atom. The zero-order valence-electron chi connectivity index (χ0n) is 17.4. The Morgan fingerprint density at radius 1 is 1.26 bits per heavy atom. The summed E-state index contributed by atoms with van der Waals surface area (Å²) in [6.45, 7) is 7.07. The monoisotopic (exact) mass is 460 g/mol. The van der Waals surface area contributed by atoms with E-state index in [1.807, 2.05) is 37.7 Å². The van der Waals surface area contributed by atoms with Crippen molar-refractivity contribution in [2.45, 2.75) is 46.4 Å². The fourth-order valence-corrected chi connectivity index (χ4v) is 3.86. The van der Waals surface area contributed by atoms with Gasteiger partial charge in [-0.25, -0.2) is 0 Å². The predicted octanol–water partition coefficient (Wildman–Crippen LogP) is 4.20. The predicted molar refractivity (Wildman–Crippen MR) is 120 cm³/mol. The minimum absolute atomic E-state index is 0.298. The van der Waals surface area contributed by atoms with E-state index in [0.717, 1.165) is 34.8 Å². The smallest absolute Gasteiger partial charge is 0.269 e. The molecule has 0 spiro atoms. The molecule has 0 aliphatic carbocycles. The van der Waals surface area contributed by atoms with Crippen LogP contribution in [0.3, 0.4) is 0 Å². The first-order valence-electron chi connectivity index (χ1n) is 9.90. The van der Waals surface area contributed by atoms with Gasteiger partial charge in [-0.2, -0.15) is 10.2 Å². The number of hydrogen-bond acceptors (Lipinski definition) is 5. The fourth-order valence-electron chi connectivity index (χ4n) is 3.39. The van der Waals surface area contributed by atoms with Crippen LogP contribution in [0.15, 0.2) is 35.6 Å². The maximum Gasteiger partial charge on any atom is 0.269 e. The minimum Gasteiger partial charge on any atom is -0.382 e. The van der Waals surface area contributed by atoms with Gasteiger partial charge in [0.2, 0.25) is 6.10 Å². The van der Waals surface area contributed by atoms with Gasteiger partial charge in [0.15, 0.2) is 5.82 Å². The third-order valence-corrected chi connectivity index (χ3v) is 5.70. The van der Waals surface area contributed by atoms with Gasteiger partial charge in [0.05, 0.1) is 18.0 Å². The number of carbonyl (C=O) groups excluding carboxylic acids is 1. The summed E-state index contributed by atoms with van der Waals surface area (Å²) < 4.78 is 3.60. The van der Waals surface area contributed by atoms with Gasteiger partial charge in [-0.3, -0.25) is 14.2 Å². The lowest BCUT2D eigenvalue weighted by Crippen LogP contribution is -2.28. The number of nitrogens with zero attached hydrogens (tertiary/aromatic N) is 5. The van der Waals surface area contributed by atoms with Gasteiger partial charge in [0.1, 0.15) is 0 Å². The molecule has 0 saturated heterocycles. The van der Waals surface area contributed by atoms with Crippen LogP contribution in [-0.4, -0.2) is 37.3 Å².